The molecular formula is C20H18N2O3. The Balaban J connectivity index is 1.77. The topological polar surface area (TPSA) is 64.4 Å². The SMILES string of the molecule is Cc1cccc(Oc2ncccc2NC(=O)C=Cc2ccco2)c1C. The van der Waals surface area contributed by atoms with Crippen LogP contribution in [0.3, 0.4) is 0 Å². The maximum Gasteiger partial charge on any atom is 0.248 e. The third kappa shape index (κ3) is 4.14. The highest BCUT2D eigenvalue weighted by molar-refractivity contribution is 6.02. The molecule has 3 rings (SSSR count). The number of carbonyl (C=O) groups is 1. The van der Waals surface area contributed by atoms with Crippen LogP contribution in [0.4, 0.5) is 5.69 Å². The number of carbonyl (C=O) groups excluding carboxylic acids is 1. The van der Waals surface area contributed by atoms with E-state index < -0.39 is 0 Å². The maximum atomic E-state index is 12.1. The van der Waals surface area contributed by atoms with Crippen molar-refractivity contribution in [3.05, 3.63) is 77.9 Å². The lowest BCUT2D eigenvalue weighted by atomic mass is 10.1. The van der Waals surface area contributed by atoms with Crippen LogP contribution in [0.25, 0.3) is 6.08 Å². The molecule has 25 heavy (non-hydrogen) atoms. The van der Waals surface area contributed by atoms with Crippen LogP contribution in [0.5, 0.6) is 11.6 Å². The Morgan fingerprint density at radius 3 is 2.84 bits per heavy atom. The van der Waals surface area contributed by atoms with E-state index in [4.69, 9.17) is 9.15 Å². The van der Waals surface area contributed by atoms with Crippen LogP contribution < -0.4 is 10.1 Å². The molecule has 0 radical (unpaired) electrons. The number of furan rings is 1. The molecule has 5 nitrogen and oxygen atoms in total. The Bertz CT molecular complexity index is 899. The summed E-state index contributed by atoms with van der Waals surface area (Å²) in [6.45, 7) is 4.00. The first-order valence-corrected chi connectivity index (χ1v) is 7.85. The van der Waals surface area contributed by atoms with Crippen LogP contribution in [0.15, 0.2) is 65.4 Å². The minimum absolute atomic E-state index is 0.296. The van der Waals surface area contributed by atoms with Gasteiger partial charge in [0.1, 0.15) is 17.2 Å². The molecule has 0 spiro atoms. The number of aryl methyl sites for hydroxylation is 1. The number of nitrogens with zero attached hydrogens (tertiary/aromatic N) is 1. The van der Waals surface area contributed by atoms with E-state index in [9.17, 15) is 4.79 Å². The smallest absolute Gasteiger partial charge is 0.248 e. The normalized spacial score (nSPS) is 10.8. The van der Waals surface area contributed by atoms with E-state index in [-0.39, 0.29) is 5.91 Å². The molecule has 2 heterocycles. The molecule has 0 aliphatic rings. The van der Waals surface area contributed by atoms with Crippen molar-refractivity contribution in [3.8, 4) is 11.6 Å². The van der Waals surface area contributed by atoms with Gasteiger partial charge in [-0.3, -0.25) is 4.79 Å². The van der Waals surface area contributed by atoms with Crippen molar-refractivity contribution in [2.75, 3.05) is 5.32 Å². The van der Waals surface area contributed by atoms with Gasteiger partial charge in [-0.1, -0.05) is 12.1 Å². The zero-order valence-corrected chi connectivity index (χ0v) is 14.0. The highest BCUT2D eigenvalue weighted by Gasteiger charge is 2.10. The quantitative estimate of drug-likeness (QED) is 0.685. The summed E-state index contributed by atoms with van der Waals surface area (Å²) < 4.78 is 11.1. The van der Waals surface area contributed by atoms with Gasteiger partial charge in [0.25, 0.3) is 0 Å². The van der Waals surface area contributed by atoms with Crippen LogP contribution in [0, 0.1) is 13.8 Å². The van der Waals surface area contributed by atoms with Crippen LogP contribution in [-0.2, 0) is 4.79 Å². The molecule has 0 aliphatic heterocycles. The molecule has 0 fully saturated rings. The molecule has 1 aromatic carbocycles. The first-order valence-electron chi connectivity index (χ1n) is 7.85. The summed E-state index contributed by atoms with van der Waals surface area (Å²) >= 11 is 0. The summed E-state index contributed by atoms with van der Waals surface area (Å²) in [5.41, 5.74) is 2.65. The van der Waals surface area contributed by atoms with Gasteiger partial charge in [0, 0.05) is 12.3 Å². The van der Waals surface area contributed by atoms with Crippen LogP contribution in [-0.4, -0.2) is 10.9 Å². The molecule has 3 aromatic rings. The van der Waals surface area contributed by atoms with Gasteiger partial charge in [0.15, 0.2) is 0 Å². The number of amides is 1. The van der Waals surface area contributed by atoms with Gasteiger partial charge in [-0.25, -0.2) is 4.98 Å². The molecule has 1 amide bonds. The Kier molecular flexibility index (Phi) is 4.95. The average molecular weight is 334 g/mol. The third-order valence-corrected chi connectivity index (χ3v) is 3.73. The standard InChI is InChI=1S/C20H18N2O3/c1-14-6-3-9-18(15(14)2)25-20-17(8-4-12-21-20)22-19(23)11-10-16-7-5-13-24-16/h3-13H,1-2H3,(H,22,23). The fraction of sp³-hybridized carbons (Fsp3) is 0.100. The molecule has 0 atom stereocenters. The second kappa shape index (κ2) is 7.49. The molecule has 2 aromatic heterocycles. The summed E-state index contributed by atoms with van der Waals surface area (Å²) in [7, 11) is 0. The summed E-state index contributed by atoms with van der Waals surface area (Å²) in [6, 6.07) is 12.8. The van der Waals surface area contributed by atoms with E-state index >= 15 is 0 Å². The zero-order valence-electron chi connectivity index (χ0n) is 14.0. The largest absolute Gasteiger partial charge is 0.465 e. The van der Waals surface area contributed by atoms with Crippen molar-refractivity contribution >= 4 is 17.7 Å². The van der Waals surface area contributed by atoms with Crippen LogP contribution in [0.2, 0.25) is 0 Å². The first-order chi connectivity index (χ1) is 12.1. The van der Waals surface area contributed by atoms with Crippen molar-refractivity contribution in [3.63, 3.8) is 0 Å². The summed E-state index contributed by atoms with van der Waals surface area (Å²) in [6.07, 6.45) is 6.16. The number of ether oxygens (including phenoxy) is 1. The molecule has 0 saturated carbocycles. The summed E-state index contributed by atoms with van der Waals surface area (Å²) in [4.78, 5) is 16.3. The number of benzene rings is 1. The number of anilines is 1. The van der Waals surface area contributed by atoms with Crippen molar-refractivity contribution in [2.24, 2.45) is 0 Å². The van der Waals surface area contributed by atoms with Gasteiger partial charge in [0.2, 0.25) is 11.8 Å². The van der Waals surface area contributed by atoms with Crippen molar-refractivity contribution in [1.29, 1.82) is 0 Å². The van der Waals surface area contributed by atoms with Crippen molar-refractivity contribution < 1.29 is 13.9 Å². The van der Waals surface area contributed by atoms with E-state index in [0.29, 0.717) is 23.1 Å². The van der Waals surface area contributed by atoms with E-state index in [2.05, 4.69) is 10.3 Å². The summed E-state index contributed by atoms with van der Waals surface area (Å²) in [5.74, 6) is 1.36. The van der Waals surface area contributed by atoms with Crippen molar-refractivity contribution in [2.45, 2.75) is 13.8 Å². The van der Waals surface area contributed by atoms with Gasteiger partial charge in [0.05, 0.1) is 6.26 Å². The minimum Gasteiger partial charge on any atom is -0.465 e. The lowest BCUT2D eigenvalue weighted by Crippen LogP contribution is -2.09. The molecule has 0 bridgehead atoms. The second-order valence-corrected chi connectivity index (χ2v) is 5.49. The minimum atomic E-state index is -0.296. The number of hydrogen-bond acceptors (Lipinski definition) is 4. The van der Waals surface area contributed by atoms with Gasteiger partial charge in [-0.05, 0) is 61.4 Å². The summed E-state index contributed by atoms with van der Waals surface area (Å²) in [5, 5.41) is 2.77. The fourth-order valence-electron chi connectivity index (χ4n) is 2.22. The first kappa shape index (κ1) is 16.5. The Morgan fingerprint density at radius 1 is 1.16 bits per heavy atom. The molecule has 0 aliphatic carbocycles. The maximum absolute atomic E-state index is 12.1. The van der Waals surface area contributed by atoms with Gasteiger partial charge < -0.3 is 14.5 Å². The lowest BCUT2D eigenvalue weighted by molar-refractivity contribution is -0.111. The fourth-order valence-corrected chi connectivity index (χ4v) is 2.22. The van der Waals surface area contributed by atoms with E-state index in [0.717, 1.165) is 11.1 Å². The average Bonchev–Trinajstić information content (AvgIpc) is 3.12. The van der Waals surface area contributed by atoms with E-state index in [1.807, 2.05) is 32.0 Å². The molecule has 0 unspecified atom stereocenters. The van der Waals surface area contributed by atoms with Gasteiger partial charge >= 0.3 is 0 Å². The number of nitrogens with one attached hydrogen (secondary N) is 1. The number of hydrogen-bond donors (Lipinski definition) is 1. The Hall–Kier alpha value is -3.34. The number of aromatic nitrogens is 1. The third-order valence-electron chi connectivity index (χ3n) is 3.73. The van der Waals surface area contributed by atoms with Crippen molar-refractivity contribution in [1.82, 2.24) is 4.98 Å². The number of pyridine rings is 1. The monoisotopic (exact) mass is 334 g/mol. The lowest BCUT2D eigenvalue weighted by Gasteiger charge is -2.12. The highest BCUT2D eigenvalue weighted by atomic mass is 16.5. The molecular weight excluding hydrogens is 316 g/mol. The number of rotatable bonds is 5. The van der Waals surface area contributed by atoms with Crippen LogP contribution >= 0.6 is 0 Å². The predicted molar refractivity (Wildman–Crippen MR) is 96.6 cm³/mol. The van der Waals surface area contributed by atoms with Gasteiger partial charge in [-0.2, -0.15) is 0 Å². The molecule has 126 valence electrons. The highest BCUT2D eigenvalue weighted by Crippen LogP contribution is 2.30. The van der Waals surface area contributed by atoms with Crippen LogP contribution in [0.1, 0.15) is 16.9 Å². The van der Waals surface area contributed by atoms with Gasteiger partial charge in [-0.15, -0.1) is 0 Å². The Morgan fingerprint density at radius 2 is 2.04 bits per heavy atom. The second-order valence-electron chi connectivity index (χ2n) is 5.49. The van der Waals surface area contributed by atoms with E-state index in [1.54, 1.807) is 42.8 Å². The van der Waals surface area contributed by atoms with E-state index in [1.165, 1.54) is 6.08 Å². The molecule has 0 saturated heterocycles. The molecule has 5 heteroatoms. The molecule has 1 N–H and O–H groups in total. The Labute approximate surface area is 146 Å². The predicted octanol–water partition coefficient (Wildman–Crippen LogP) is 4.74. The zero-order chi connectivity index (χ0) is 17.6.